The number of hydrogen-bond donors (Lipinski definition) is 0. The molecule has 0 saturated heterocycles. The molecule has 0 saturated carbocycles. The second-order valence-electron chi connectivity index (χ2n) is 19.2. The summed E-state index contributed by atoms with van der Waals surface area (Å²) in [5, 5.41) is 1.54. The van der Waals surface area contributed by atoms with Crippen molar-refractivity contribution in [2.75, 3.05) is 40.3 Å². The highest BCUT2D eigenvalue weighted by atomic mass is 16.2. The Labute approximate surface area is 422 Å². The van der Waals surface area contributed by atoms with E-state index in [-0.39, 0.29) is 49.3 Å². The zero-order valence-electron chi connectivity index (χ0n) is 41.0. The van der Waals surface area contributed by atoms with E-state index in [1.54, 1.807) is 119 Å². The molecule has 0 radical (unpaired) electrons. The molecule has 0 fully saturated rings. The molecule has 0 N–H and O–H groups in total. The minimum Gasteiger partial charge on any atom is -0.337 e. The smallest absolute Gasteiger partial charge is 0.261 e. The second-order valence-corrected chi connectivity index (χ2v) is 19.2. The molecular formula is C54H50N12O8+2. The van der Waals surface area contributed by atoms with Crippen LogP contribution in [-0.2, 0) is 27.2 Å². The molecule has 20 heteroatoms. The van der Waals surface area contributed by atoms with Crippen LogP contribution in [0.1, 0.15) is 108 Å². The maximum Gasteiger partial charge on any atom is 0.261 e. The highest BCUT2D eigenvalue weighted by Crippen LogP contribution is 2.40. The second kappa shape index (κ2) is 18.6. The van der Waals surface area contributed by atoms with Crippen LogP contribution in [0.25, 0.3) is 21.5 Å². The van der Waals surface area contributed by atoms with E-state index in [1.165, 1.54) is 16.1 Å². The molecule has 0 bridgehead atoms. The molecule has 372 valence electrons. The van der Waals surface area contributed by atoms with E-state index in [0.29, 0.717) is 92.0 Å². The quantitative estimate of drug-likeness (QED) is 0.142. The number of carbonyl (C=O) groups excluding carboxylic acids is 8. The van der Waals surface area contributed by atoms with Crippen LogP contribution in [0.2, 0.25) is 0 Å². The topological polar surface area (TPSA) is 203 Å². The Morgan fingerprint density at radius 3 is 1.31 bits per heavy atom. The lowest BCUT2D eigenvalue weighted by Crippen LogP contribution is -2.43. The number of aromatic nitrogens is 8. The first-order valence-corrected chi connectivity index (χ1v) is 24.1. The van der Waals surface area contributed by atoms with Crippen LogP contribution < -0.4 is 9.13 Å². The third-order valence-electron chi connectivity index (χ3n) is 14.3. The summed E-state index contributed by atoms with van der Waals surface area (Å²) >= 11 is 0. The van der Waals surface area contributed by atoms with Crippen LogP contribution >= 0.6 is 0 Å². The van der Waals surface area contributed by atoms with Crippen LogP contribution in [0, 0.1) is 0 Å². The highest BCUT2D eigenvalue weighted by Gasteiger charge is 2.41. The SMILES string of the molecule is CN1CC(=O)c2ccc3c4c(ccc(c24)C(=O)C1n1cc[n+](C)c1)C(=O)N(CCCn1cc[n+](C)c1)C3=O.CN1CC(=O)c2ccc3c4c(ccc(c24)C(=O)C1n1ccnc1)C(=O)N(CCCn1ccnc1)C3=O. The molecule has 8 aromatic rings. The first kappa shape index (κ1) is 47.4. The van der Waals surface area contributed by atoms with Gasteiger partial charge in [-0.1, -0.05) is 0 Å². The number of hydrogen-bond acceptors (Lipinski definition) is 12. The molecule has 20 nitrogen and oxygen atoms in total. The Bertz CT molecular complexity index is 3640. The van der Waals surface area contributed by atoms with E-state index in [4.69, 9.17) is 0 Å². The summed E-state index contributed by atoms with van der Waals surface area (Å²) in [4.78, 5) is 123. The number of likely N-dealkylation sites (N-methyl/N-ethyl adjacent to an activating group) is 2. The number of imide groups is 2. The van der Waals surface area contributed by atoms with Crippen molar-refractivity contribution < 1.29 is 47.5 Å². The van der Waals surface area contributed by atoms with Gasteiger partial charge in [0.15, 0.2) is 17.7 Å². The van der Waals surface area contributed by atoms with Crippen LogP contribution in [-0.4, -0.2) is 135 Å². The van der Waals surface area contributed by atoms with E-state index in [9.17, 15) is 38.4 Å². The van der Waals surface area contributed by atoms with Gasteiger partial charge in [0.25, 0.3) is 23.6 Å². The fourth-order valence-electron chi connectivity index (χ4n) is 10.9. The molecule has 4 aliphatic rings. The zero-order valence-corrected chi connectivity index (χ0v) is 41.0. The molecule has 2 atom stereocenters. The molecule has 4 amide bonds. The monoisotopic (exact) mass is 994 g/mol. The molecule has 4 aromatic carbocycles. The summed E-state index contributed by atoms with van der Waals surface area (Å²) in [7, 11) is 7.25. The minimum atomic E-state index is -0.781. The molecular weight excluding hydrogens is 945 g/mol. The van der Waals surface area contributed by atoms with E-state index < -0.39 is 36.0 Å². The number of benzene rings is 4. The number of ketones is 4. The lowest BCUT2D eigenvalue weighted by atomic mass is 9.85. The number of nitrogens with zero attached hydrogens (tertiary/aromatic N) is 12. The average Bonchev–Trinajstić information content (AvgIpc) is 4.26. The van der Waals surface area contributed by atoms with Gasteiger partial charge in [0.05, 0.1) is 46.4 Å². The van der Waals surface area contributed by atoms with Crippen molar-refractivity contribution in [1.29, 1.82) is 0 Å². The Hall–Kier alpha value is -8.88. The molecule has 2 unspecified atom stereocenters. The standard InChI is InChI=1S/C28H28N6O4.C26H22N6O4/c1-29-11-13-32(16-29)9-4-10-34-27(37)20-7-5-18-22(35)15-31(3)26(33-14-12-30(2)17-33)25(36)19-6-8-21(28(34)38)24(20)23(18)19;1-29-13-20(33)16-3-5-18-22-19(26(36)32(25(18)35)10-2-9-30-11-7-27-14-30)6-4-17(21(16)22)23(34)24(29)31-12-8-28-15-31/h5-8,11-14,16-17,26H,4,9-10,15H2,1-3H3;3-8,11-12,14-15,24H,2,9-10,13H2,1H3/q+2;. The summed E-state index contributed by atoms with van der Waals surface area (Å²) in [5.74, 6) is -2.47. The first-order chi connectivity index (χ1) is 35.7. The summed E-state index contributed by atoms with van der Waals surface area (Å²) in [6.45, 7) is 1.79. The number of Topliss-reactive ketones (excluding diaryl/α,β-unsaturated/α-hetero) is 4. The minimum absolute atomic E-state index is 0.00499. The Balaban J connectivity index is 0.000000159. The van der Waals surface area contributed by atoms with Gasteiger partial charge >= 0.3 is 0 Å². The van der Waals surface area contributed by atoms with Crippen molar-refractivity contribution in [2.45, 2.75) is 38.3 Å². The third-order valence-corrected chi connectivity index (χ3v) is 14.3. The van der Waals surface area contributed by atoms with Gasteiger partial charge in [0, 0.05) is 117 Å². The van der Waals surface area contributed by atoms with Gasteiger partial charge in [0.2, 0.25) is 30.4 Å². The summed E-state index contributed by atoms with van der Waals surface area (Å²) < 4.78 is 11.1. The number of amides is 4. The molecule has 8 heterocycles. The lowest BCUT2D eigenvalue weighted by molar-refractivity contribution is -0.671. The van der Waals surface area contributed by atoms with Gasteiger partial charge in [0.1, 0.15) is 24.8 Å². The lowest BCUT2D eigenvalue weighted by Gasteiger charge is -2.32. The normalized spacial score (nSPS) is 18.0. The summed E-state index contributed by atoms with van der Waals surface area (Å²) in [6.07, 6.45) is 20.8. The van der Waals surface area contributed by atoms with E-state index in [2.05, 4.69) is 9.97 Å². The molecule has 12 rings (SSSR count). The van der Waals surface area contributed by atoms with E-state index >= 15 is 0 Å². The van der Waals surface area contributed by atoms with Crippen LogP contribution in [0.5, 0.6) is 0 Å². The summed E-state index contributed by atoms with van der Waals surface area (Å²) in [6, 6.07) is 12.9. The molecule has 4 aliphatic heterocycles. The van der Waals surface area contributed by atoms with Crippen molar-refractivity contribution in [1.82, 2.24) is 47.8 Å². The number of imidazole rings is 4. The molecule has 0 aliphatic carbocycles. The highest BCUT2D eigenvalue weighted by molar-refractivity contribution is 6.32. The van der Waals surface area contributed by atoms with Gasteiger partial charge in [-0.05, 0) is 69.0 Å². The van der Waals surface area contributed by atoms with Crippen LogP contribution in [0.3, 0.4) is 0 Å². The zero-order chi connectivity index (χ0) is 51.7. The molecule has 0 spiro atoms. The first-order valence-electron chi connectivity index (χ1n) is 24.1. The predicted octanol–water partition coefficient (Wildman–Crippen LogP) is 3.72. The molecule has 4 aromatic heterocycles. The van der Waals surface area contributed by atoms with Crippen LogP contribution in [0.15, 0.2) is 123 Å². The third kappa shape index (κ3) is 7.94. The van der Waals surface area contributed by atoms with Crippen LogP contribution in [0.4, 0.5) is 0 Å². The Morgan fingerprint density at radius 1 is 0.459 bits per heavy atom. The van der Waals surface area contributed by atoms with E-state index in [0.717, 1.165) is 0 Å². The van der Waals surface area contributed by atoms with Gasteiger partial charge in [-0.25, -0.2) is 28.2 Å². The average molecular weight is 995 g/mol. The van der Waals surface area contributed by atoms with Gasteiger partial charge in [-0.2, -0.15) is 0 Å². The fraction of sp³-hybridized carbons (Fsp3) is 0.259. The van der Waals surface area contributed by atoms with Gasteiger partial charge in [-0.15, -0.1) is 0 Å². The van der Waals surface area contributed by atoms with Crippen molar-refractivity contribution in [2.24, 2.45) is 14.1 Å². The maximum absolute atomic E-state index is 14.0. The fourth-order valence-corrected chi connectivity index (χ4v) is 10.9. The Morgan fingerprint density at radius 2 is 0.878 bits per heavy atom. The number of aryl methyl sites for hydroxylation is 4. The van der Waals surface area contributed by atoms with Crippen molar-refractivity contribution in [3.05, 3.63) is 168 Å². The van der Waals surface area contributed by atoms with Gasteiger partial charge in [-0.3, -0.25) is 58.0 Å². The number of rotatable bonds is 10. The Kier molecular flexibility index (Phi) is 11.9. The van der Waals surface area contributed by atoms with Crippen molar-refractivity contribution >= 4 is 68.3 Å². The number of carbonyl (C=O) groups is 8. The van der Waals surface area contributed by atoms with Crippen molar-refractivity contribution in [3.63, 3.8) is 0 Å². The largest absolute Gasteiger partial charge is 0.337 e. The van der Waals surface area contributed by atoms with E-state index in [1.807, 2.05) is 63.5 Å². The predicted molar refractivity (Wildman–Crippen MR) is 264 cm³/mol. The van der Waals surface area contributed by atoms with Crippen molar-refractivity contribution in [3.8, 4) is 0 Å². The molecule has 74 heavy (non-hydrogen) atoms. The maximum atomic E-state index is 14.0. The van der Waals surface area contributed by atoms with Gasteiger partial charge < -0.3 is 9.13 Å². The summed E-state index contributed by atoms with van der Waals surface area (Å²) in [5.41, 5.74) is 2.64.